The third-order valence-electron chi connectivity index (χ3n) is 8.93. The van der Waals surface area contributed by atoms with Crippen LogP contribution in [-0.2, 0) is 27.4 Å². The Morgan fingerprint density at radius 2 is 1.63 bits per heavy atom. The minimum atomic E-state index is -0.740. The second-order valence-corrected chi connectivity index (χ2v) is 12.3. The molecule has 2 saturated heterocycles. The van der Waals surface area contributed by atoms with E-state index in [-0.39, 0.29) is 42.8 Å². The molecule has 3 amide bonds. The number of nitrogens with zero attached hydrogens (tertiary/aromatic N) is 2. The molecule has 10 heteroatoms. The van der Waals surface area contributed by atoms with Crippen molar-refractivity contribution in [3.8, 4) is 5.75 Å². The fourth-order valence-corrected chi connectivity index (χ4v) is 6.39. The molecule has 0 saturated carbocycles. The lowest BCUT2D eigenvalue weighted by molar-refractivity contribution is -0.138. The monoisotopic (exact) mass is 628 g/mol. The first kappa shape index (κ1) is 33.0. The van der Waals surface area contributed by atoms with E-state index in [9.17, 15) is 19.5 Å². The van der Waals surface area contributed by atoms with Gasteiger partial charge in [0.2, 0.25) is 5.91 Å². The number of ether oxygens (including phenoxy) is 2. The Labute approximate surface area is 270 Å². The number of para-hydroxylation sites is 1. The van der Waals surface area contributed by atoms with Crippen molar-refractivity contribution in [3.05, 3.63) is 89.5 Å². The van der Waals surface area contributed by atoms with E-state index < -0.39 is 5.97 Å². The van der Waals surface area contributed by atoms with Crippen molar-refractivity contribution in [2.75, 3.05) is 43.9 Å². The van der Waals surface area contributed by atoms with E-state index in [1.165, 1.54) is 7.11 Å². The molecule has 2 aliphatic rings. The van der Waals surface area contributed by atoms with E-state index in [0.717, 1.165) is 61.3 Å². The number of urea groups is 1. The number of benzene rings is 3. The zero-order valence-electron chi connectivity index (χ0n) is 26.6. The summed E-state index contributed by atoms with van der Waals surface area (Å²) in [5.74, 6) is -0.0541. The molecule has 3 N–H and O–H groups in total. The highest BCUT2D eigenvalue weighted by Gasteiger charge is 2.37. The van der Waals surface area contributed by atoms with E-state index >= 15 is 0 Å². The third kappa shape index (κ3) is 9.08. The van der Waals surface area contributed by atoms with Gasteiger partial charge in [0.05, 0.1) is 31.9 Å². The Balaban J connectivity index is 1.23. The lowest BCUT2D eigenvalue weighted by Crippen LogP contribution is -2.46. The first-order valence-corrected chi connectivity index (χ1v) is 16.0. The van der Waals surface area contributed by atoms with Gasteiger partial charge in [-0.1, -0.05) is 54.6 Å². The number of hydrogen-bond acceptors (Lipinski definition) is 6. The predicted octanol–water partition coefficient (Wildman–Crippen LogP) is 5.56. The zero-order valence-corrected chi connectivity index (χ0v) is 26.6. The molecule has 0 radical (unpaired) electrons. The van der Waals surface area contributed by atoms with Crippen molar-refractivity contribution in [2.24, 2.45) is 5.92 Å². The Morgan fingerprint density at radius 1 is 0.913 bits per heavy atom. The number of hydrogen-bond donors (Lipinski definition) is 3. The van der Waals surface area contributed by atoms with Gasteiger partial charge in [0, 0.05) is 31.2 Å². The highest BCUT2D eigenvalue weighted by Crippen LogP contribution is 2.29. The molecule has 3 aromatic carbocycles. The normalized spacial score (nSPS) is 18.7. The third-order valence-corrected chi connectivity index (χ3v) is 8.93. The summed E-state index contributed by atoms with van der Waals surface area (Å²) >= 11 is 0. The van der Waals surface area contributed by atoms with Crippen molar-refractivity contribution in [1.82, 2.24) is 9.80 Å². The molecule has 2 aliphatic heterocycles. The number of rotatable bonds is 12. The topological polar surface area (TPSA) is 120 Å². The minimum Gasteiger partial charge on any atom is -0.495 e. The summed E-state index contributed by atoms with van der Waals surface area (Å²) in [5.41, 5.74) is 4.06. The van der Waals surface area contributed by atoms with Crippen LogP contribution in [-0.4, -0.2) is 78.2 Å². The Bertz CT molecular complexity index is 1490. The first-order chi connectivity index (χ1) is 22.3. The highest BCUT2D eigenvalue weighted by molar-refractivity contribution is 6.01. The average molecular weight is 629 g/mol. The van der Waals surface area contributed by atoms with Gasteiger partial charge in [-0.15, -0.1) is 0 Å². The summed E-state index contributed by atoms with van der Waals surface area (Å²) in [6, 6.07) is 22.6. The van der Waals surface area contributed by atoms with E-state index in [0.29, 0.717) is 24.6 Å². The summed E-state index contributed by atoms with van der Waals surface area (Å²) in [5, 5.41) is 14.9. The fraction of sp³-hybridized carbons (Fsp3) is 0.417. The number of carbonyl (C=O) groups is 3. The molecule has 0 spiro atoms. The molecule has 46 heavy (non-hydrogen) atoms. The zero-order chi connectivity index (χ0) is 32.5. The van der Waals surface area contributed by atoms with Crippen LogP contribution < -0.4 is 15.4 Å². The molecule has 3 aromatic rings. The molecule has 0 bridgehead atoms. The van der Waals surface area contributed by atoms with Gasteiger partial charge in [-0.25, -0.2) is 4.79 Å². The molecule has 10 nitrogen and oxygen atoms in total. The van der Waals surface area contributed by atoms with Crippen LogP contribution in [0.5, 0.6) is 5.75 Å². The van der Waals surface area contributed by atoms with Gasteiger partial charge in [0.15, 0.2) is 0 Å². The Kier molecular flexibility index (Phi) is 11.3. The van der Waals surface area contributed by atoms with Crippen LogP contribution in [0.2, 0.25) is 0 Å². The van der Waals surface area contributed by atoms with Gasteiger partial charge in [0.1, 0.15) is 5.75 Å². The van der Waals surface area contributed by atoms with E-state index in [1.807, 2.05) is 72.5 Å². The van der Waals surface area contributed by atoms with Gasteiger partial charge in [-0.05, 0) is 80.1 Å². The number of amides is 3. The molecule has 2 fully saturated rings. The molecular weight excluding hydrogens is 584 g/mol. The van der Waals surface area contributed by atoms with E-state index in [1.54, 1.807) is 12.1 Å². The molecule has 2 atom stereocenters. The summed E-state index contributed by atoms with van der Waals surface area (Å²) < 4.78 is 11.9. The maximum Gasteiger partial charge on any atom is 0.323 e. The lowest BCUT2D eigenvalue weighted by Gasteiger charge is -2.35. The van der Waals surface area contributed by atoms with Crippen molar-refractivity contribution < 1.29 is 29.0 Å². The van der Waals surface area contributed by atoms with Crippen LogP contribution in [0.25, 0.3) is 0 Å². The maximum atomic E-state index is 13.8. The summed E-state index contributed by atoms with van der Waals surface area (Å²) in [7, 11) is 1.54. The lowest BCUT2D eigenvalue weighted by atomic mass is 9.93. The number of methoxy groups -OCH3 is 1. The second kappa shape index (κ2) is 15.7. The average Bonchev–Trinajstić information content (AvgIpc) is 3.45. The molecule has 0 unspecified atom stereocenters. The number of nitrogens with one attached hydrogen (secondary N) is 2. The smallest absolute Gasteiger partial charge is 0.323 e. The summed E-state index contributed by atoms with van der Waals surface area (Å²) in [4.78, 5) is 42.0. The molecule has 2 heterocycles. The fourth-order valence-electron chi connectivity index (χ4n) is 6.39. The van der Waals surface area contributed by atoms with Crippen LogP contribution in [0.1, 0.15) is 42.4 Å². The summed E-state index contributed by atoms with van der Waals surface area (Å²) in [6.45, 7) is 5.32. The van der Waals surface area contributed by atoms with Gasteiger partial charge in [0.25, 0.3) is 0 Å². The van der Waals surface area contributed by atoms with Crippen LogP contribution >= 0.6 is 0 Å². The summed E-state index contributed by atoms with van der Waals surface area (Å²) in [6.07, 6.45) is 2.77. The van der Waals surface area contributed by atoms with Crippen LogP contribution in [0, 0.1) is 12.8 Å². The predicted molar refractivity (Wildman–Crippen MR) is 177 cm³/mol. The molecule has 244 valence electrons. The van der Waals surface area contributed by atoms with E-state index in [2.05, 4.69) is 15.5 Å². The van der Waals surface area contributed by atoms with E-state index in [4.69, 9.17) is 9.47 Å². The number of carboxylic acids is 1. The van der Waals surface area contributed by atoms with Gasteiger partial charge < -0.3 is 35.0 Å². The number of carboxylic acid groups (broad SMARTS) is 1. The Hall–Kier alpha value is -4.41. The van der Waals surface area contributed by atoms with Gasteiger partial charge >= 0.3 is 12.0 Å². The highest BCUT2D eigenvalue weighted by atomic mass is 16.5. The molecule has 0 aliphatic carbocycles. The number of anilines is 2. The van der Waals surface area contributed by atoms with Crippen LogP contribution in [0.4, 0.5) is 16.2 Å². The molecule has 5 rings (SSSR count). The number of likely N-dealkylation sites (tertiary alicyclic amines) is 2. The number of aryl methyl sites for hydroxylation is 1. The van der Waals surface area contributed by atoms with Crippen molar-refractivity contribution in [2.45, 2.75) is 57.8 Å². The quantitative estimate of drug-likeness (QED) is 0.240. The standard InChI is InChI=1S/C36H44N4O6/c1-25-8-6-7-11-31(25)37-36(44)38-32-13-12-28(18-33(32)45-2)19-34(41)40-23-30(46-24-27-9-4-3-5-10-27)21-29(40)22-39-16-14-26(15-17-39)20-35(42)43/h3-13,18,26,29-30H,14-17,19-24H2,1-2H3,(H,42,43)(H2,37,38,44)/t29-,30-/m0/s1. The SMILES string of the molecule is COc1cc(CC(=O)N2C[C@@H](OCc3ccccc3)C[C@H]2CN2CCC(CC(=O)O)CC2)ccc1NC(=O)Nc1ccccc1C. The van der Waals surface area contributed by atoms with Crippen molar-refractivity contribution in [1.29, 1.82) is 0 Å². The minimum absolute atomic E-state index is 0.00253. The number of piperidine rings is 1. The van der Waals surface area contributed by atoms with Gasteiger partial charge in [-0.2, -0.15) is 0 Å². The molecule has 0 aromatic heterocycles. The van der Waals surface area contributed by atoms with Crippen molar-refractivity contribution in [3.63, 3.8) is 0 Å². The molecular formula is C36H44N4O6. The van der Waals surface area contributed by atoms with Crippen LogP contribution in [0.3, 0.4) is 0 Å². The van der Waals surface area contributed by atoms with Crippen molar-refractivity contribution >= 4 is 29.3 Å². The number of aliphatic carboxylic acids is 1. The first-order valence-electron chi connectivity index (χ1n) is 16.0. The van der Waals surface area contributed by atoms with Gasteiger partial charge in [-0.3, -0.25) is 9.59 Å². The maximum absolute atomic E-state index is 13.8. The Morgan fingerprint density at radius 3 is 2.35 bits per heavy atom. The van der Waals surface area contributed by atoms with Crippen LogP contribution in [0.15, 0.2) is 72.8 Å². The second-order valence-electron chi connectivity index (χ2n) is 12.3. The number of carbonyl (C=O) groups excluding carboxylic acids is 2. The largest absolute Gasteiger partial charge is 0.495 e.